The molecular weight excluding hydrogens is 521 g/mol. The van der Waals surface area contributed by atoms with Gasteiger partial charge in [0, 0.05) is 51.3 Å². The number of halogens is 1. The summed E-state index contributed by atoms with van der Waals surface area (Å²) < 4.78 is 5.29. The molecule has 0 bridgehead atoms. The third kappa shape index (κ3) is 7.14. The standard InChI is InChI=1S/C22H33N7O2.HI/c1-4-16(5-2)21(30)29-14-10-17(11-15-29)26-22(23-3)25-13-9-19-27-20(31-28-19)18-8-6-7-12-24-18;/h6-8,12,16-17H,4-5,9-11,13-15H2,1-3H3,(H2,23,25,26);1H. The number of hydrogen-bond donors (Lipinski definition) is 2. The Morgan fingerprint density at radius 2 is 2.03 bits per heavy atom. The highest BCUT2D eigenvalue weighted by molar-refractivity contribution is 14.0. The van der Waals surface area contributed by atoms with Crippen molar-refractivity contribution in [1.82, 2.24) is 30.7 Å². The first-order valence-electron chi connectivity index (χ1n) is 11.1. The van der Waals surface area contributed by atoms with E-state index >= 15 is 0 Å². The number of aromatic nitrogens is 3. The molecule has 32 heavy (non-hydrogen) atoms. The van der Waals surface area contributed by atoms with Crippen LogP contribution >= 0.6 is 24.0 Å². The molecule has 0 saturated carbocycles. The molecule has 10 heteroatoms. The first-order chi connectivity index (χ1) is 15.1. The lowest BCUT2D eigenvalue weighted by atomic mass is 9.98. The molecule has 1 saturated heterocycles. The van der Waals surface area contributed by atoms with Crippen molar-refractivity contribution >= 4 is 35.8 Å². The largest absolute Gasteiger partial charge is 0.356 e. The van der Waals surface area contributed by atoms with Crippen LogP contribution in [0.15, 0.2) is 33.9 Å². The second-order valence-electron chi connectivity index (χ2n) is 7.74. The lowest BCUT2D eigenvalue weighted by molar-refractivity contribution is -0.136. The van der Waals surface area contributed by atoms with Crippen LogP contribution in [-0.2, 0) is 11.2 Å². The summed E-state index contributed by atoms with van der Waals surface area (Å²) in [5, 5.41) is 10.8. The van der Waals surface area contributed by atoms with Crippen molar-refractivity contribution in [2.75, 3.05) is 26.7 Å². The van der Waals surface area contributed by atoms with Gasteiger partial charge in [0.05, 0.1) is 0 Å². The van der Waals surface area contributed by atoms with Crippen LogP contribution in [-0.4, -0.2) is 64.6 Å². The fraction of sp³-hybridized carbons (Fsp3) is 0.591. The summed E-state index contributed by atoms with van der Waals surface area (Å²) in [5.74, 6) is 2.25. The average molecular weight is 555 g/mol. The van der Waals surface area contributed by atoms with Gasteiger partial charge in [0.25, 0.3) is 5.89 Å². The van der Waals surface area contributed by atoms with Crippen molar-refractivity contribution in [2.45, 2.75) is 52.0 Å². The summed E-state index contributed by atoms with van der Waals surface area (Å²) in [7, 11) is 1.76. The number of nitrogens with one attached hydrogen (secondary N) is 2. The van der Waals surface area contributed by atoms with E-state index in [1.807, 2.05) is 23.1 Å². The summed E-state index contributed by atoms with van der Waals surface area (Å²) in [6, 6.07) is 5.87. The molecule has 176 valence electrons. The highest BCUT2D eigenvalue weighted by Crippen LogP contribution is 2.17. The molecule has 0 aliphatic carbocycles. The molecule has 3 heterocycles. The van der Waals surface area contributed by atoms with Gasteiger partial charge in [0.2, 0.25) is 5.91 Å². The van der Waals surface area contributed by atoms with Gasteiger partial charge in [-0.15, -0.1) is 24.0 Å². The van der Waals surface area contributed by atoms with Crippen LogP contribution in [0.4, 0.5) is 0 Å². The van der Waals surface area contributed by atoms with Gasteiger partial charge in [-0.25, -0.2) is 0 Å². The van der Waals surface area contributed by atoms with Gasteiger partial charge in [-0.1, -0.05) is 25.1 Å². The van der Waals surface area contributed by atoms with Crippen molar-refractivity contribution in [2.24, 2.45) is 10.9 Å². The van der Waals surface area contributed by atoms with Crippen molar-refractivity contribution in [3.8, 4) is 11.6 Å². The summed E-state index contributed by atoms with van der Waals surface area (Å²) in [6.07, 6.45) is 5.97. The van der Waals surface area contributed by atoms with Gasteiger partial charge >= 0.3 is 0 Å². The molecule has 2 aromatic heterocycles. The van der Waals surface area contributed by atoms with E-state index < -0.39 is 0 Å². The third-order valence-electron chi connectivity index (χ3n) is 5.70. The van der Waals surface area contributed by atoms with Crippen molar-refractivity contribution < 1.29 is 9.32 Å². The van der Waals surface area contributed by atoms with E-state index in [0.29, 0.717) is 42.3 Å². The SMILES string of the molecule is CCC(CC)C(=O)N1CCC(NC(=NC)NCCc2noc(-c3ccccn3)n2)CC1.I. The molecule has 0 aromatic carbocycles. The minimum Gasteiger partial charge on any atom is -0.356 e. The van der Waals surface area contributed by atoms with Gasteiger partial charge in [-0.3, -0.25) is 14.8 Å². The van der Waals surface area contributed by atoms with Crippen LogP contribution < -0.4 is 10.6 Å². The van der Waals surface area contributed by atoms with Gasteiger partial charge in [-0.2, -0.15) is 4.98 Å². The molecule has 0 spiro atoms. The van der Waals surface area contributed by atoms with Crippen LogP contribution in [0, 0.1) is 5.92 Å². The molecule has 2 N–H and O–H groups in total. The predicted molar refractivity (Wildman–Crippen MR) is 135 cm³/mol. The number of hydrogen-bond acceptors (Lipinski definition) is 6. The van der Waals surface area contributed by atoms with Crippen LogP contribution in [0.3, 0.4) is 0 Å². The molecule has 1 aliphatic heterocycles. The van der Waals surface area contributed by atoms with E-state index in [1.54, 1.807) is 13.2 Å². The molecule has 1 amide bonds. The number of nitrogens with zero attached hydrogens (tertiary/aromatic N) is 5. The van der Waals surface area contributed by atoms with E-state index in [0.717, 1.165) is 44.7 Å². The Labute approximate surface area is 206 Å². The Hall–Kier alpha value is -2.24. The van der Waals surface area contributed by atoms with Crippen LogP contribution in [0.25, 0.3) is 11.6 Å². The maximum absolute atomic E-state index is 12.6. The van der Waals surface area contributed by atoms with Gasteiger partial charge < -0.3 is 20.1 Å². The highest BCUT2D eigenvalue weighted by Gasteiger charge is 2.26. The lowest BCUT2D eigenvalue weighted by Gasteiger charge is -2.34. The minimum atomic E-state index is 0. The van der Waals surface area contributed by atoms with Crippen LogP contribution in [0.2, 0.25) is 0 Å². The Balaban J connectivity index is 0.00000363. The van der Waals surface area contributed by atoms with E-state index in [1.165, 1.54) is 0 Å². The molecule has 0 atom stereocenters. The number of carbonyl (C=O) groups excluding carboxylic acids is 1. The topological polar surface area (TPSA) is 109 Å². The second-order valence-corrected chi connectivity index (χ2v) is 7.74. The molecule has 1 fully saturated rings. The normalized spacial score (nSPS) is 14.9. The van der Waals surface area contributed by atoms with E-state index in [-0.39, 0.29) is 29.9 Å². The molecule has 2 aromatic rings. The number of amides is 1. The number of piperidine rings is 1. The fourth-order valence-corrected chi connectivity index (χ4v) is 3.77. The zero-order chi connectivity index (χ0) is 22.1. The molecule has 0 radical (unpaired) electrons. The molecule has 9 nitrogen and oxygen atoms in total. The lowest BCUT2D eigenvalue weighted by Crippen LogP contribution is -2.50. The summed E-state index contributed by atoms with van der Waals surface area (Å²) >= 11 is 0. The maximum atomic E-state index is 12.6. The summed E-state index contributed by atoms with van der Waals surface area (Å²) in [6.45, 7) is 6.40. The summed E-state index contributed by atoms with van der Waals surface area (Å²) in [4.78, 5) is 27.5. The Morgan fingerprint density at radius 3 is 2.66 bits per heavy atom. The van der Waals surface area contributed by atoms with E-state index in [9.17, 15) is 4.79 Å². The van der Waals surface area contributed by atoms with Crippen molar-refractivity contribution in [3.63, 3.8) is 0 Å². The van der Waals surface area contributed by atoms with Crippen molar-refractivity contribution in [1.29, 1.82) is 0 Å². The third-order valence-corrected chi connectivity index (χ3v) is 5.70. The van der Waals surface area contributed by atoms with E-state index in [2.05, 4.69) is 44.6 Å². The van der Waals surface area contributed by atoms with Crippen LogP contribution in [0.5, 0.6) is 0 Å². The zero-order valence-electron chi connectivity index (χ0n) is 19.1. The smallest absolute Gasteiger partial charge is 0.276 e. The number of guanidine groups is 1. The quantitative estimate of drug-likeness (QED) is 0.293. The molecular formula is C22H34IN7O2. The molecule has 0 unspecified atom stereocenters. The van der Waals surface area contributed by atoms with Crippen LogP contribution in [0.1, 0.15) is 45.4 Å². The number of pyridine rings is 1. The fourth-order valence-electron chi connectivity index (χ4n) is 3.77. The molecule has 3 rings (SSSR count). The van der Waals surface area contributed by atoms with Gasteiger partial charge in [-0.05, 0) is 37.8 Å². The monoisotopic (exact) mass is 555 g/mol. The number of aliphatic imine (C=N–C) groups is 1. The summed E-state index contributed by atoms with van der Waals surface area (Å²) in [5.41, 5.74) is 0.667. The average Bonchev–Trinajstić information content (AvgIpc) is 3.29. The zero-order valence-corrected chi connectivity index (χ0v) is 21.4. The first kappa shape index (κ1) is 26.0. The Kier molecular flexibility index (Phi) is 10.8. The maximum Gasteiger partial charge on any atom is 0.276 e. The Bertz CT molecular complexity index is 847. The first-order valence-corrected chi connectivity index (χ1v) is 11.1. The van der Waals surface area contributed by atoms with E-state index in [4.69, 9.17) is 4.52 Å². The van der Waals surface area contributed by atoms with Gasteiger partial charge in [0.15, 0.2) is 11.8 Å². The number of carbonyl (C=O) groups is 1. The highest BCUT2D eigenvalue weighted by atomic mass is 127. The number of likely N-dealkylation sites (tertiary alicyclic amines) is 1. The number of rotatable bonds is 8. The predicted octanol–water partition coefficient (Wildman–Crippen LogP) is 2.88. The minimum absolute atomic E-state index is 0. The van der Waals surface area contributed by atoms with Crippen molar-refractivity contribution in [3.05, 3.63) is 30.2 Å². The second kappa shape index (κ2) is 13.3. The Morgan fingerprint density at radius 1 is 1.28 bits per heavy atom. The molecule has 1 aliphatic rings. The van der Waals surface area contributed by atoms with Gasteiger partial charge in [0.1, 0.15) is 5.69 Å².